The van der Waals surface area contributed by atoms with Gasteiger partial charge in [-0.05, 0) is 61.2 Å². The molecule has 0 amide bonds. The largest absolute Gasteiger partial charge is 0.426 e. The van der Waals surface area contributed by atoms with Gasteiger partial charge in [-0.25, -0.2) is 4.79 Å². The lowest BCUT2D eigenvalue weighted by Crippen LogP contribution is -2.18. The maximum absolute atomic E-state index is 12.4. The predicted molar refractivity (Wildman–Crippen MR) is 125 cm³/mol. The third-order valence-electron chi connectivity index (χ3n) is 5.40. The highest BCUT2D eigenvalue weighted by molar-refractivity contribution is 5.91. The van der Waals surface area contributed by atoms with E-state index in [0.717, 1.165) is 25.7 Å². The van der Waals surface area contributed by atoms with E-state index in [2.05, 4.69) is 13.8 Å². The molecule has 2 rings (SSSR count). The predicted octanol–water partition coefficient (Wildman–Crippen LogP) is 7.15. The molecule has 2 aromatic rings. The van der Waals surface area contributed by atoms with Crippen LogP contribution in [0.4, 0.5) is 0 Å². The van der Waals surface area contributed by atoms with Crippen LogP contribution in [0.25, 0.3) is 0 Å². The third kappa shape index (κ3) is 8.95. The van der Waals surface area contributed by atoms with E-state index >= 15 is 0 Å². The average molecular weight is 425 g/mol. The van der Waals surface area contributed by atoms with Crippen LogP contribution in [0, 0.1) is 5.92 Å². The summed E-state index contributed by atoms with van der Waals surface area (Å²) in [5, 5.41) is 0. The Hall–Kier alpha value is -2.62. The Kier molecular flexibility index (Phi) is 10.8. The first-order chi connectivity index (χ1) is 15.0. The van der Waals surface area contributed by atoms with Crippen molar-refractivity contribution in [2.24, 2.45) is 5.92 Å². The molecule has 0 saturated carbocycles. The highest BCUT2D eigenvalue weighted by Crippen LogP contribution is 2.19. The van der Waals surface area contributed by atoms with Gasteiger partial charge in [0.25, 0.3) is 0 Å². The van der Waals surface area contributed by atoms with Gasteiger partial charge in [0.15, 0.2) is 0 Å². The molecule has 0 aliphatic heterocycles. The summed E-state index contributed by atoms with van der Waals surface area (Å²) in [6, 6.07) is 14.2. The molecule has 0 aliphatic rings. The number of ether oxygens (including phenoxy) is 2. The lowest BCUT2D eigenvalue weighted by Gasteiger charge is -2.11. The van der Waals surface area contributed by atoms with Crippen molar-refractivity contribution in [3.05, 3.63) is 59.7 Å². The number of hydrogen-bond donors (Lipinski definition) is 0. The number of hydrogen-bond acceptors (Lipinski definition) is 4. The van der Waals surface area contributed by atoms with E-state index in [0.29, 0.717) is 17.1 Å². The molecule has 0 fully saturated rings. The molecule has 0 spiro atoms. The van der Waals surface area contributed by atoms with Crippen LogP contribution in [0.3, 0.4) is 0 Å². The van der Waals surface area contributed by atoms with Gasteiger partial charge in [0.1, 0.15) is 11.5 Å². The lowest BCUT2D eigenvalue weighted by molar-refractivity contribution is -0.138. The van der Waals surface area contributed by atoms with Crippen molar-refractivity contribution >= 4 is 11.9 Å². The van der Waals surface area contributed by atoms with Crippen molar-refractivity contribution in [2.75, 3.05) is 0 Å². The minimum absolute atomic E-state index is 0.133. The van der Waals surface area contributed by atoms with Crippen molar-refractivity contribution in [1.82, 2.24) is 0 Å². The average Bonchev–Trinajstić information content (AvgIpc) is 2.78. The minimum atomic E-state index is -0.430. The zero-order valence-corrected chi connectivity index (χ0v) is 19.2. The molecule has 0 aromatic heterocycles. The van der Waals surface area contributed by atoms with Crippen molar-refractivity contribution < 1.29 is 19.1 Å². The number of carbonyl (C=O) groups excluding carboxylic acids is 2. The quantitative estimate of drug-likeness (QED) is 0.195. The zero-order valence-electron chi connectivity index (χ0n) is 19.2. The van der Waals surface area contributed by atoms with Crippen LogP contribution < -0.4 is 9.47 Å². The summed E-state index contributed by atoms with van der Waals surface area (Å²) in [7, 11) is 0. The van der Waals surface area contributed by atoms with Crippen LogP contribution in [-0.4, -0.2) is 11.9 Å². The van der Waals surface area contributed by atoms with E-state index < -0.39 is 5.97 Å². The van der Waals surface area contributed by atoms with E-state index in [9.17, 15) is 9.59 Å². The van der Waals surface area contributed by atoms with Gasteiger partial charge in [0, 0.05) is 0 Å². The van der Waals surface area contributed by atoms with Crippen molar-refractivity contribution in [2.45, 2.75) is 78.6 Å². The van der Waals surface area contributed by atoms with Crippen LogP contribution in [0.2, 0.25) is 0 Å². The Balaban J connectivity index is 1.82. The van der Waals surface area contributed by atoms with E-state index in [-0.39, 0.29) is 11.9 Å². The summed E-state index contributed by atoms with van der Waals surface area (Å²) >= 11 is 0. The van der Waals surface area contributed by atoms with Crippen LogP contribution in [0.15, 0.2) is 48.5 Å². The van der Waals surface area contributed by atoms with E-state index in [1.807, 2.05) is 31.2 Å². The number of benzene rings is 2. The summed E-state index contributed by atoms with van der Waals surface area (Å²) in [5.41, 5.74) is 1.67. The van der Waals surface area contributed by atoms with E-state index in [1.54, 1.807) is 24.3 Å². The van der Waals surface area contributed by atoms with E-state index in [4.69, 9.17) is 9.47 Å². The van der Waals surface area contributed by atoms with Crippen LogP contribution in [0.1, 0.15) is 88.1 Å². The summed E-state index contributed by atoms with van der Waals surface area (Å²) in [4.78, 5) is 24.6. The topological polar surface area (TPSA) is 52.6 Å². The first-order valence-electron chi connectivity index (χ1n) is 11.7. The molecule has 0 bridgehead atoms. The van der Waals surface area contributed by atoms with Gasteiger partial charge in [-0.15, -0.1) is 0 Å². The molecule has 1 atom stereocenters. The second kappa shape index (κ2) is 13.6. The van der Waals surface area contributed by atoms with Gasteiger partial charge in [-0.2, -0.15) is 0 Å². The zero-order chi connectivity index (χ0) is 22.5. The molecule has 0 radical (unpaired) electrons. The number of carbonyl (C=O) groups is 2. The van der Waals surface area contributed by atoms with Gasteiger partial charge in [0.05, 0.1) is 11.5 Å². The van der Waals surface area contributed by atoms with Crippen LogP contribution in [0.5, 0.6) is 11.5 Å². The minimum Gasteiger partial charge on any atom is -0.426 e. The van der Waals surface area contributed by atoms with Gasteiger partial charge < -0.3 is 9.47 Å². The fraction of sp³-hybridized carbons (Fsp3) is 0.481. The van der Waals surface area contributed by atoms with Gasteiger partial charge in [-0.1, -0.05) is 71.4 Å². The van der Waals surface area contributed by atoms with Gasteiger partial charge in [-0.3, -0.25) is 4.79 Å². The standard InChI is InChI=1S/C27H36O4/c1-4-6-8-10-11-21(3)26(28)30-25-19-15-23(16-20-25)27(29)31-24-17-13-22(14-18-24)12-9-7-5-2/h13-21H,4-12H2,1-3H3. The van der Waals surface area contributed by atoms with Crippen molar-refractivity contribution in [3.8, 4) is 11.5 Å². The lowest BCUT2D eigenvalue weighted by atomic mass is 10.0. The van der Waals surface area contributed by atoms with Crippen LogP contribution >= 0.6 is 0 Å². The van der Waals surface area contributed by atoms with Gasteiger partial charge >= 0.3 is 11.9 Å². The van der Waals surface area contributed by atoms with Crippen molar-refractivity contribution in [3.63, 3.8) is 0 Å². The monoisotopic (exact) mass is 424 g/mol. The Morgan fingerprint density at radius 2 is 1.32 bits per heavy atom. The molecule has 0 N–H and O–H groups in total. The first-order valence-corrected chi connectivity index (χ1v) is 11.7. The molecule has 4 nitrogen and oxygen atoms in total. The second-order valence-corrected chi connectivity index (χ2v) is 8.19. The highest BCUT2D eigenvalue weighted by Gasteiger charge is 2.16. The highest BCUT2D eigenvalue weighted by atomic mass is 16.5. The maximum atomic E-state index is 12.4. The molecule has 168 valence electrons. The molecule has 4 heteroatoms. The summed E-state index contributed by atoms with van der Waals surface area (Å²) in [6.45, 7) is 6.26. The van der Waals surface area contributed by atoms with Crippen LogP contribution in [-0.2, 0) is 11.2 Å². The molecular formula is C27H36O4. The molecule has 2 aromatic carbocycles. The van der Waals surface area contributed by atoms with Crippen molar-refractivity contribution in [1.29, 1.82) is 0 Å². The smallest absolute Gasteiger partial charge is 0.343 e. The SMILES string of the molecule is CCCCCCC(C)C(=O)Oc1ccc(C(=O)Oc2ccc(CCCCC)cc2)cc1. The summed E-state index contributed by atoms with van der Waals surface area (Å²) in [5.74, 6) is 0.174. The molecular weight excluding hydrogens is 388 g/mol. The molecule has 31 heavy (non-hydrogen) atoms. The number of aryl methyl sites for hydroxylation is 1. The first kappa shape index (κ1) is 24.6. The number of unbranched alkanes of at least 4 members (excludes halogenated alkanes) is 5. The second-order valence-electron chi connectivity index (χ2n) is 8.19. The third-order valence-corrected chi connectivity index (χ3v) is 5.40. The molecule has 0 saturated heterocycles. The molecule has 1 unspecified atom stereocenters. The van der Waals surface area contributed by atoms with Gasteiger partial charge in [0.2, 0.25) is 0 Å². The normalized spacial score (nSPS) is 11.7. The number of rotatable bonds is 13. The van der Waals surface area contributed by atoms with E-state index in [1.165, 1.54) is 37.7 Å². The Labute approximate surface area is 187 Å². The molecule has 0 aliphatic carbocycles. The fourth-order valence-electron chi connectivity index (χ4n) is 3.34. The Morgan fingerprint density at radius 1 is 0.742 bits per heavy atom. The Bertz CT molecular complexity index is 793. The molecule has 0 heterocycles. The summed E-state index contributed by atoms with van der Waals surface area (Å²) < 4.78 is 10.9. The Morgan fingerprint density at radius 3 is 1.97 bits per heavy atom. The fourth-order valence-corrected chi connectivity index (χ4v) is 3.34. The summed E-state index contributed by atoms with van der Waals surface area (Å²) in [6.07, 6.45) is 10.0. The number of esters is 2. The maximum Gasteiger partial charge on any atom is 0.343 e.